The minimum absolute atomic E-state index is 0.0446. The van der Waals surface area contributed by atoms with Gasteiger partial charge in [-0.05, 0) is 60.9 Å². The second-order valence-corrected chi connectivity index (χ2v) is 10.5. The first-order chi connectivity index (χ1) is 16.5. The number of hydrogen-bond acceptors (Lipinski definition) is 3. The van der Waals surface area contributed by atoms with Crippen molar-refractivity contribution >= 4 is 56.3 Å². The summed E-state index contributed by atoms with van der Waals surface area (Å²) >= 11 is 5.04. The number of benzene rings is 3. The van der Waals surface area contributed by atoms with Crippen LogP contribution in [-0.2, 0) is 17.8 Å². The monoisotopic (exact) mass is 531 g/mol. The van der Waals surface area contributed by atoms with Crippen LogP contribution in [-0.4, -0.2) is 16.0 Å². The van der Waals surface area contributed by atoms with Gasteiger partial charge in [0, 0.05) is 38.9 Å². The van der Waals surface area contributed by atoms with Crippen LogP contribution in [0.3, 0.4) is 0 Å². The number of carbonyl (C=O) groups is 1. The lowest BCUT2D eigenvalue weighted by atomic mass is 10.1. The van der Waals surface area contributed by atoms with Crippen molar-refractivity contribution in [3.63, 3.8) is 0 Å². The Morgan fingerprint density at radius 3 is 2.47 bits per heavy atom. The summed E-state index contributed by atoms with van der Waals surface area (Å²) in [5.74, 6) is -0.0446. The van der Waals surface area contributed by atoms with E-state index in [0.29, 0.717) is 0 Å². The Bertz CT molecular complexity index is 1370. The van der Waals surface area contributed by atoms with Gasteiger partial charge in [-0.25, -0.2) is 0 Å². The Morgan fingerprint density at radius 2 is 1.74 bits per heavy atom. The van der Waals surface area contributed by atoms with Gasteiger partial charge < -0.3 is 15.2 Å². The van der Waals surface area contributed by atoms with Gasteiger partial charge in [-0.1, -0.05) is 77.1 Å². The number of nitrogens with zero attached hydrogens (tertiary/aromatic N) is 1. The van der Waals surface area contributed by atoms with Crippen molar-refractivity contribution in [2.75, 3.05) is 5.32 Å². The first-order valence-corrected chi connectivity index (χ1v) is 13.1. The molecule has 5 rings (SSSR count). The molecule has 1 saturated heterocycles. The zero-order chi connectivity index (χ0) is 23.7. The van der Waals surface area contributed by atoms with Crippen LogP contribution in [0.4, 0.5) is 5.69 Å². The van der Waals surface area contributed by atoms with E-state index in [1.807, 2.05) is 6.08 Å². The molecule has 2 N–H and O–H groups in total. The van der Waals surface area contributed by atoms with E-state index < -0.39 is 0 Å². The Hall–Kier alpha value is -2.96. The third-order valence-electron chi connectivity index (χ3n) is 6.20. The molecule has 34 heavy (non-hydrogen) atoms. The standard InChI is InChI=1S/C28H26BrN3OS/c1-3-19-10-14-22(15-11-19)30-28-31-27(33)26(34-28)16-24-18(2)32(25-7-5-4-6-23(24)25)17-20-8-12-21(29)13-9-20/h4-16,28,30H,3,17H2,1-2H3,(H,31,33)/b26-16-/t28-/m1/s1. The highest BCUT2D eigenvalue weighted by molar-refractivity contribution is 9.10. The Labute approximate surface area is 212 Å². The van der Waals surface area contributed by atoms with Gasteiger partial charge in [0.15, 0.2) is 5.50 Å². The van der Waals surface area contributed by atoms with Gasteiger partial charge in [0.05, 0.1) is 4.91 Å². The highest BCUT2D eigenvalue weighted by Crippen LogP contribution is 2.34. The number of fused-ring (bicyclic) bond motifs is 1. The maximum atomic E-state index is 12.8. The van der Waals surface area contributed by atoms with E-state index in [0.717, 1.165) is 44.7 Å². The predicted octanol–water partition coefficient (Wildman–Crippen LogP) is 6.92. The zero-order valence-corrected chi connectivity index (χ0v) is 21.5. The fraction of sp³-hybridized carbons (Fsp3) is 0.179. The summed E-state index contributed by atoms with van der Waals surface area (Å²) in [4.78, 5) is 13.5. The second-order valence-electron chi connectivity index (χ2n) is 8.40. The average Bonchev–Trinajstić information content (AvgIpc) is 3.32. The molecule has 0 bridgehead atoms. The molecule has 1 atom stereocenters. The van der Waals surface area contributed by atoms with Gasteiger partial charge >= 0.3 is 0 Å². The van der Waals surface area contributed by atoms with Crippen LogP contribution in [0.15, 0.2) is 82.2 Å². The number of carbonyl (C=O) groups excluding carboxylic acids is 1. The summed E-state index contributed by atoms with van der Waals surface area (Å²) in [6.45, 7) is 5.05. The summed E-state index contributed by atoms with van der Waals surface area (Å²) in [5.41, 5.74) is 6.75. The minimum Gasteiger partial charge on any atom is -0.357 e. The maximum absolute atomic E-state index is 12.8. The number of nitrogens with one attached hydrogen (secondary N) is 2. The van der Waals surface area contributed by atoms with Crippen molar-refractivity contribution in [2.45, 2.75) is 32.3 Å². The highest BCUT2D eigenvalue weighted by Gasteiger charge is 2.28. The molecule has 4 aromatic rings. The number of hydrogen-bond donors (Lipinski definition) is 2. The molecule has 1 aliphatic heterocycles. The third-order valence-corrected chi connectivity index (χ3v) is 7.76. The number of aromatic nitrogens is 1. The molecule has 0 radical (unpaired) electrons. The van der Waals surface area contributed by atoms with E-state index in [1.165, 1.54) is 28.4 Å². The van der Waals surface area contributed by atoms with Crippen LogP contribution in [0.2, 0.25) is 0 Å². The number of thioether (sulfide) groups is 1. The number of aryl methyl sites for hydroxylation is 1. The van der Waals surface area contributed by atoms with Crippen LogP contribution >= 0.6 is 27.7 Å². The van der Waals surface area contributed by atoms with E-state index in [9.17, 15) is 4.79 Å². The lowest BCUT2D eigenvalue weighted by molar-refractivity contribution is -0.116. The molecule has 6 heteroatoms. The van der Waals surface area contributed by atoms with Crippen LogP contribution in [0.25, 0.3) is 17.0 Å². The van der Waals surface area contributed by atoms with Crippen LogP contribution in [0.5, 0.6) is 0 Å². The van der Waals surface area contributed by atoms with Gasteiger partial charge in [0.25, 0.3) is 5.91 Å². The van der Waals surface area contributed by atoms with E-state index in [2.05, 4.69) is 118 Å². The smallest absolute Gasteiger partial charge is 0.260 e. The Morgan fingerprint density at radius 1 is 1.03 bits per heavy atom. The molecule has 1 amide bonds. The van der Waals surface area contributed by atoms with Crippen molar-refractivity contribution in [3.05, 3.63) is 105 Å². The number of halogens is 1. The lowest BCUT2D eigenvalue weighted by Crippen LogP contribution is -2.30. The van der Waals surface area contributed by atoms with Gasteiger partial charge in [0.1, 0.15) is 0 Å². The first-order valence-electron chi connectivity index (χ1n) is 11.4. The molecule has 0 unspecified atom stereocenters. The molecule has 1 fully saturated rings. The minimum atomic E-state index is -0.192. The van der Waals surface area contributed by atoms with Crippen LogP contribution < -0.4 is 10.6 Å². The first kappa shape index (κ1) is 22.8. The SMILES string of the molecule is CCc1ccc(N[C@@H]2NC(=O)/C(=C/c3c(C)n(Cc4ccc(Br)cc4)c4ccccc34)S2)cc1. The van der Waals surface area contributed by atoms with Crippen LogP contribution in [0, 0.1) is 6.92 Å². The van der Waals surface area contributed by atoms with Gasteiger partial charge in [-0.2, -0.15) is 0 Å². The quantitative estimate of drug-likeness (QED) is 0.265. The molecular weight excluding hydrogens is 506 g/mol. The molecular formula is C28H26BrN3OS. The van der Waals surface area contributed by atoms with Gasteiger partial charge in [-0.15, -0.1) is 0 Å². The zero-order valence-electron chi connectivity index (χ0n) is 19.1. The molecule has 3 aromatic carbocycles. The normalized spacial score (nSPS) is 16.9. The average molecular weight is 533 g/mol. The summed E-state index contributed by atoms with van der Waals surface area (Å²) < 4.78 is 3.40. The molecule has 1 aliphatic rings. The van der Waals surface area contributed by atoms with Crippen molar-refractivity contribution in [1.82, 2.24) is 9.88 Å². The summed E-state index contributed by atoms with van der Waals surface area (Å²) in [5, 5.41) is 7.62. The molecule has 0 spiro atoms. The van der Waals surface area contributed by atoms with Crippen molar-refractivity contribution < 1.29 is 4.79 Å². The van der Waals surface area contributed by atoms with E-state index in [4.69, 9.17) is 0 Å². The largest absolute Gasteiger partial charge is 0.357 e. The van der Waals surface area contributed by atoms with Gasteiger partial charge in [0.2, 0.25) is 0 Å². The van der Waals surface area contributed by atoms with Crippen LogP contribution in [0.1, 0.15) is 29.3 Å². The summed E-state index contributed by atoms with van der Waals surface area (Å²) in [6.07, 6.45) is 3.05. The summed E-state index contributed by atoms with van der Waals surface area (Å²) in [6, 6.07) is 25.2. The maximum Gasteiger partial charge on any atom is 0.260 e. The Balaban J connectivity index is 1.43. The molecule has 172 valence electrons. The lowest BCUT2D eigenvalue weighted by Gasteiger charge is -2.12. The Kier molecular flexibility index (Phi) is 6.53. The van der Waals surface area contributed by atoms with Crippen molar-refractivity contribution in [3.8, 4) is 0 Å². The molecule has 0 saturated carbocycles. The number of rotatable bonds is 6. The van der Waals surface area contributed by atoms with E-state index in [-0.39, 0.29) is 11.4 Å². The summed E-state index contributed by atoms with van der Waals surface area (Å²) in [7, 11) is 0. The van der Waals surface area contributed by atoms with Crippen molar-refractivity contribution in [1.29, 1.82) is 0 Å². The fourth-order valence-corrected chi connectivity index (χ4v) is 5.53. The van der Waals surface area contributed by atoms with Gasteiger partial charge in [-0.3, -0.25) is 4.79 Å². The molecule has 1 aromatic heterocycles. The molecule has 0 aliphatic carbocycles. The fourth-order valence-electron chi connectivity index (χ4n) is 4.30. The molecule has 2 heterocycles. The predicted molar refractivity (Wildman–Crippen MR) is 147 cm³/mol. The van der Waals surface area contributed by atoms with Crippen molar-refractivity contribution in [2.24, 2.45) is 0 Å². The number of anilines is 1. The second kappa shape index (κ2) is 9.72. The topological polar surface area (TPSA) is 46.1 Å². The molecule has 4 nitrogen and oxygen atoms in total. The number of amides is 1. The number of para-hydroxylation sites is 1. The third kappa shape index (κ3) is 4.65. The van der Waals surface area contributed by atoms with E-state index >= 15 is 0 Å². The highest BCUT2D eigenvalue weighted by atomic mass is 79.9. The van der Waals surface area contributed by atoms with E-state index in [1.54, 1.807) is 0 Å².